The monoisotopic (exact) mass is 346 g/mol. The average Bonchev–Trinajstić information content (AvgIpc) is 2.92. The molecular formula is C17H16BClO3S. The van der Waals surface area contributed by atoms with Crippen LogP contribution in [0.5, 0.6) is 0 Å². The molecule has 1 aromatic heterocycles. The van der Waals surface area contributed by atoms with Crippen LogP contribution in [0.3, 0.4) is 0 Å². The van der Waals surface area contributed by atoms with E-state index in [1.54, 1.807) is 0 Å². The largest absolute Gasteiger partial charge is 0.496 e. The lowest BCUT2D eigenvalue weighted by Gasteiger charge is -2.31. The quantitative estimate of drug-likeness (QED) is 0.523. The molecule has 1 fully saturated rings. The summed E-state index contributed by atoms with van der Waals surface area (Å²) >= 11 is 10.9. The van der Waals surface area contributed by atoms with Crippen molar-refractivity contribution in [2.75, 3.05) is 0 Å². The van der Waals surface area contributed by atoms with E-state index < -0.39 is 17.7 Å². The first-order valence-corrected chi connectivity index (χ1v) is 8.30. The Morgan fingerprint density at radius 2 is 1.78 bits per heavy atom. The Balaban J connectivity index is 1.97. The van der Waals surface area contributed by atoms with Gasteiger partial charge in [0.2, 0.25) is 0 Å². The topological polar surface area (TPSA) is 31.6 Å². The molecule has 2 aromatic carbocycles. The molecule has 0 aliphatic carbocycles. The Labute approximate surface area is 145 Å². The number of rotatable bonds is 1. The van der Waals surface area contributed by atoms with Crippen molar-refractivity contribution in [2.45, 2.75) is 31.3 Å². The van der Waals surface area contributed by atoms with Crippen LogP contribution in [0, 0.1) is 0 Å². The van der Waals surface area contributed by atoms with Gasteiger partial charge in [-0.15, -0.1) is 12.6 Å². The summed E-state index contributed by atoms with van der Waals surface area (Å²) in [6.07, 6.45) is 0. The summed E-state index contributed by atoms with van der Waals surface area (Å²) in [5.74, 6) is 0. The van der Waals surface area contributed by atoms with Gasteiger partial charge in [0.05, 0.1) is 5.60 Å². The van der Waals surface area contributed by atoms with Crippen LogP contribution in [-0.4, -0.2) is 17.7 Å². The first-order valence-electron chi connectivity index (χ1n) is 7.47. The lowest BCUT2D eigenvalue weighted by atomic mass is 9.76. The first-order chi connectivity index (χ1) is 10.8. The summed E-state index contributed by atoms with van der Waals surface area (Å²) in [6, 6.07) is 11.6. The zero-order chi connectivity index (χ0) is 16.4. The number of halogens is 1. The number of benzene rings is 2. The van der Waals surface area contributed by atoms with E-state index in [9.17, 15) is 0 Å². The van der Waals surface area contributed by atoms with Gasteiger partial charge in [0.15, 0.2) is 0 Å². The summed E-state index contributed by atoms with van der Waals surface area (Å²) < 4.78 is 18.1. The van der Waals surface area contributed by atoms with Gasteiger partial charge in [-0.1, -0.05) is 29.8 Å². The van der Waals surface area contributed by atoms with Crippen LogP contribution in [0.4, 0.5) is 0 Å². The molecule has 1 aliphatic rings. The summed E-state index contributed by atoms with van der Waals surface area (Å²) in [5.41, 5.74) is 1.88. The van der Waals surface area contributed by atoms with Crippen LogP contribution in [-0.2, 0) is 9.31 Å². The van der Waals surface area contributed by atoms with Crippen molar-refractivity contribution < 1.29 is 13.7 Å². The lowest BCUT2D eigenvalue weighted by Crippen LogP contribution is -2.39. The minimum atomic E-state index is -0.703. The van der Waals surface area contributed by atoms with E-state index in [1.807, 2.05) is 57.2 Å². The molecular weight excluding hydrogens is 331 g/mol. The predicted octanol–water partition coefficient (Wildman–Crippen LogP) is 4.41. The van der Waals surface area contributed by atoms with Crippen LogP contribution in [0.25, 0.3) is 21.9 Å². The van der Waals surface area contributed by atoms with Crippen molar-refractivity contribution in [1.82, 2.24) is 0 Å². The zero-order valence-electron chi connectivity index (χ0n) is 13.1. The maximum atomic E-state index is 6.28. The van der Waals surface area contributed by atoms with E-state index in [1.165, 1.54) is 0 Å². The summed E-state index contributed by atoms with van der Waals surface area (Å²) in [4.78, 5) is -0.703. The summed E-state index contributed by atoms with van der Waals surface area (Å²) in [5, 5.41) is 2.58. The molecule has 23 heavy (non-hydrogen) atoms. The molecule has 0 spiro atoms. The second-order valence-corrected chi connectivity index (χ2v) is 7.82. The third kappa shape index (κ3) is 2.30. The third-order valence-corrected chi connectivity index (χ3v) is 5.45. The molecule has 3 aromatic rings. The normalized spacial score (nSPS) is 24.0. The minimum absolute atomic E-state index is 0.533. The highest BCUT2D eigenvalue weighted by atomic mass is 35.5. The second kappa shape index (κ2) is 4.93. The number of hydrogen-bond acceptors (Lipinski definition) is 4. The molecule has 0 amide bonds. The van der Waals surface area contributed by atoms with E-state index in [0.717, 1.165) is 27.4 Å². The molecule has 1 aliphatic heterocycles. The number of hydrogen-bond donors (Lipinski definition) is 1. The van der Waals surface area contributed by atoms with E-state index in [2.05, 4.69) is 12.6 Å². The molecule has 0 bridgehead atoms. The number of thiol groups is 1. The Hall–Kier alpha value is -1.14. The highest BCUT2D eigenvalue weighted by molar-refractivity contribution is 7.81. The van der Waals surface area contributed by atoms with Gasteiger partial charge in [0.25, 0.3) is 0 Å². The van der Waals surface area contributed by atoms with E-state index >= 15 is 0 Å². The Morgan fingerprint density at radius 3 is 2.48 bits per heavy atom. The molecule has 1 saturated heterocycles. The first kappa shape index (κ1) is 15.4. The Morgan fingerprint density at radius 1 is 1.04 bits per heavy atom. The van der Waals surface area contributed by atoms with Gasteiger partial charge in [0.1, 0.15) is 16.1 Å². The number of fused-ring (bicyclic) bond motifs is 3. The molecule has 0 saturated carbocycles. The number of furan rings is 1. The minimum Gasteiger partial charge on any atom is -0.456 e. The van der Waals surface area contributed by atoms with Gasteiger partial charge in [-0.3, -0.25) is 0 Å². The van der Waals surface area contributed by atoms with Crippen molar-refractivity contribution in [3.05, 3.63) is 41.4 Å². The molecule has 1 unspecified atom stereocenters. The standard InChI is InChI=1S/C17H16BClO3S/c1-16(2)17(3,23)22-18(21-16)12-8-10(19)9-14-15(12)11-6-4-5-7-13(11)20-14/h4-9,23H,1-3H3. The molecule has 4 rings (SSSR count). The fourth-order valence-corrected chi connectivity index (χ4v) is 3.28. The van der Waals surface area contributed by atoms with Crippen molar-refractivity contribution in [2.24, 2.45) is 0 Å². The van der Waals surface area contributed by atoms with Crippen molar-refractivity contribution in [3.8, 4) is 0 Å². The maximum absolute atomic E-state index is 6.28. The van der Waals surface area contributed by atoms with Crippen LogP contribution in [0.15, 0.2) is 40.8 Å². The van der Waals surface area contributed by atoms with Crippen LogP contribution in [0.2, 0.25) is 5.02 Å². The van der Waals surface area contributed by atoms with E-state index in [0.29, 0.717) is 5.02 Å². The molecule has 0 radical (unpaired) electrons. The van der Waals surface area contributed by atoms with Gasteiger partial charge in [0, 0.05) is 21.9 Å². The van der Waals surface area contributed by atoms with E-state index in [-0.39, 0.29) is 0 Å². The van der Waals surface area contributed by atoms with Gasteiger partial charge in [-0.2, -0.15) is 0 Å². The Kier molecular flexibility index (Phi) is 3.30. The van der Waals surface area contributed by atoms with Crippen molar-refractivity contribution in [3.63, 3.8) is 0 Å². The van der Waals surface area contributed by atoms with Gasteiger partial charge in [-0.05, 0) is 38.4 Å². The summed E-state index contributed by atoms with van der Waals surface area (Å²) in [6.45, 7) is 5.84. The second-order valence-electron chi connectivity index (χ2n) is 6.53. The van der Waals surface area contributed by atoms with Gasteiger partial charge < -0.3 is 13.7 Å². The number of para-hydroxylation sites is 1. The SMILES string of the molecule is CC1(C)OB(c2cc(Cl)cc3oc4ccccc4c23)OC1(C)S. The van der Waals surface area contributed by atoms with Crippen LogP contribution >= 0.6 is 24.2 Å². The predicted molar refractivity (Wildman–Crippen MR) is 97.8 cm³/mol. The van der Waals surface area contributed by atoms with Gasteiger partial charge >= 0.3 is 7.12 Å². The molecule has 6 heteroatoms. The smallest absolute Gasteiger partial charge is 0.456 e. The molecule has 118 valence electrons. The summed E-state index contributed by atoms with van der Waals surface area (Å²) in [7, 11) is -0.547. The zero-order valence-corrected chi connectivity index (χ0v) is 14.7. The van der Waals surface area contributed by atoms with Gasteiger partial charge in [-0.25, -0.2) is 0 Å². The highest BCUT2D eigenvalue weighted by Gasteiger charge is 2.53. The fraction of sp³-hybridized carbons (Fsp3) is 0.294. The van der Waals surface area contributed by atoms with Crippen molar-refractivity contribution in [1.29, 1.82) is 0 Å². The fourth-order valence-electron chi connectivity index (χ4n) is 2.92. The van der Waals surface area contributed by atoms with Crippen molar-refractivity contribution >= 4 is 58.7 Å². The Bertz CT molecular complexity index is 903. The van der Waals surface area contributed by atoms with E-state index in [4.69, 9.17) is 25.3 Å². The third-order valence-electron chi connectivity index (χ3n) is 4.58. The lowest BCUT2D eigenvalue weighted by molar-refractivity contribution is 0.0619. The highest BCUT2D eigenvalue weighted by Crippen LogP contribution is 2.41. The molecule has 1 atom stereocenters. The van der Waals surface area contributed by atoms with Crippen LogP contribution in [0.1, 0.15) is 20.8 Å². The molecule has 3 nitrogen and oxygen atoms in total. The van der Waals surface area contributed by atoms with Crippen LogP contribution < -0.4 is 5.46 Å². The maximum Gasteiger partial charge on any atom is 0.496 e. The average molecular weight is 347 g/mol. The molecule has 0 N–H and O–H groups in total. The molecule has 2 heterocycles.